The van der Waals surface area contributed by atoms with Crippen molar-refractivity contribution in [3.05, 3.63) is 0 Å². The van der Waals surface area contributed by atoms with Crippen molar-refractivity contribution in [2.75, 3.05) is 13.1 Å². The molecule has 19 heavy (non-hydrogen) atoms. The summed E-state index contributed by atoms with van der Waals surface area (Å²) in [5.41, 5.74) is 0. The number of Topliss-reactive ketones (excluding diaryl/α,β-unsaturated/α-hetero) is 1. The topological polar surface area (TPSA) is 20.3 Å². The number of halogens is 3. The van der Waals surface area contributed by atoms with Crippen LogP contribution in [-0.2, 0) is 4.79 Å². The van der Waals surface area contributed by atoms with Crippen LogP contribution in [-0.4, -0.2) is 36.0 Å². The summed E-state index contributed by atoms with van der Waals surface area (Å²) in [6.45, 7) is 6.78. The van der Waals surface area contributed by atoms with Crippen LogP contribution in [0, 0.1) is 17.8 Å². The van der Waals surface area contributed by atoms with E-state index in [1.165, 1.54) is 4.90 Å². The number of carbonyl (C=O) groups excluding carboxylic acids is 1. The number of nitrogens with zero attached hydrogens (tertiary/aromatic N) is 1. The minimum atomic E-state index is -4.21. The molecule has 0 N–H and O–H groups in total. The van der Waals surface area contributed by atoms with Gasteiger partial charge >= 0.3 is 6.18 Å². The van der Waals surface area contributed by atoms with Crippen LogP contribution in [0.2, 0.25) is 0 Å². The number of ketones is 1. The van der Waals surface area contributed by atoms with E-state index in [-0.39, 0.29) is 30.2 Å². The third kappa shape index (κ3) is 5.13. The molecule has 1 rings (SSSR count). The quantitative estimate of drug-likeness (QED) is 0.785. The maximum absolute atomic E-state index is 12.6. The molecular weight excluding hydrogens is 255 g/mol. The van der Waals surface area contributed by atoms with Gasteiger partial charge in [-0.2, -0.15) is 13.2 Å². The summed E-state index contributed by atoms with van der Waals surface area (Å²) in [6.07, 6.45) is -2.78. The Morgan fingerprint density at radius 2 is 1.89 bits per heavy atom. The molecule has 2 nitrogen and oxygen atoms in total. The van der Waals surface area contributed by atoms with Gasteiger partial charge in [0.2, 0.25) is 0 Å². The van der Waals surface area contributed by atoms with Gasteiger partial charge in [-0.25, -0.2) is 0 Å². The SMILES string of the molecule is CC1CC(=O)C(CN(CC(F)(F)F)C(C)C)C(C)C1. The Hall–Kier alpha value is -0.580. The first-order valence-corrected chi connectivity index (χ1v) is 6.93. The fourth-order valence-electron chi connectivity index (χ4n) is 2.92. The Balaban J connectivity index is 2.70. The third-order valence-corrected chi connectivity index (χ3v) is 3.97. The molecule has 112 valence electrons. The van der Waals surface area contributed by atoms with E-state index in [0.717, 1.165) is 6.42 Å². The maximum atomic E-state index is 12.6. The zero-order valence-corrected chi connectivity index (χ0v) is 12.1. The predicted octanol–water partition coefficient (Wildman–Crippen LogP) is 3.51. The summed E-state index contributed by atoms with van der Waals surface area (Å²) in [5.74, 6) is 0.402. The van der Waals surface area contributed by atoms with Gasteiger partial charge in [-0.3, -0.25) is 9.69 Å². The molecule has 0 bridgehead atoms. The van der Waals surface area contributed by atoms with Gasteiger partial charge in [0.15, 0.2) is 0 Å². The summed E-state index contributed by atoms with van der Waals surface area (Å²) in [4.78, 5) is 13.4. The van der Waals surface area contributed by atoms with Crippen LogP contribution < -0.4 is 0 Å². The average Bonchev–Trinajstić information content (AvgIpc) is 2.19. The highest BCUT2D eigenvalue weighted by Crippen LogP contribution is 2.32. The molecule has 1 saturated carbocycles. The molecule has 3 unspecified atom stereocenters. The standard InChI is InChI=1S/C14H24F3NO/c1-9(2)18(8-14(15,16)17)7-12-11(4)5-10(3)6-13(12)19/h9-12H,5-8H2,1-4H3. The second-order valence-electron chi connectivity index (χ2n) is 6.23. The summed E-state index contributed by atoms with van der Waals surface area (Å²) in [6, 6.07) is -0.207. The van der Waals surface area contributed by atoms with Crippen LogP contribution >= 0.6 is 0 Å². The van der Waals surface area contributed by atoms with Gasteiger partial charge in [-0.05, 0) is 32.1 Å². The molecule has 5 heteroatoms. The molecule has 0 aromatic carbocycles. The van der Waals surface area contributed by atoms with E-state index in [0.29, 0.717) is 12.3 Å². The van der Waals surface area contributed by atoms with E-state index in [1.54, 1.807) is 13.8 Å². The molecule has 1 aliphatic rings. The Labute approximate surface area is 113 Å². The smallest absolute Gasteiger partial charge is 0.299 e. The van der Waals surface area contributed by atoms with E-state index in [9.17, 15) is 18.0 Å². The van der Waals surface area contributed by atoms with Crippen LogP contribution in [0.15, 0.2) is 0 Å². The molecule has 1 aliphatic carbocycles. The Kier molecular flexibility index (Phi) is 5.42. The van der Waals surface area contributed by atoms with Gasteiger partial charge in [0.25, 0.3) is 0 Å². The molecule has 0 aromatic rings. The van der Waals surface area contributed by atoms with Crippen molar-refractivity contribution < 1.29 is 18.0 Å². The second-order valence-corrected chi connectivity index (χ2v) is 6.23. The second kappa shape index (κ2) is 6.25. The highest BCUT2D eigenvalue weighted by Gasteiger charge is 2.37. The van der Waals surface area contributed by atoms with Crippen molar-refractivity contribution >= 4 is 5.78 Å². The molecule has 0 saturated heterocycles. The lowest BCUT2D eigenvalue weighted by Gasteiger charge is -2.37. The molecule has 0 aliphatic heterocycles. The van der Waals surface area contributed by atoms with E-state index >= 15 is 0 Å². The lowest BCUT2D eigenvalue weighted by atomic mass is 9.74. The summed E-state index contributed by atoms with van der Waals surface area (Å²) >= 11 is 0. The molecule has 0 spiro atoms. The van der Waals surface area contributed by atoms with Crippen molar-refractivity contribution in [1.29, 1.82) is 0 Å². The average molecular weight is 279 g/mol. The number of alkyl halides is 3. The minimum absolute atomic E-state index is 0.124. The lowest BCUT2D eigenvalue weighted by molar-refractivity contribution is -0.154. The fourth-order valence-corrected chi connectivity index (χ4v) is 2.92. The molecule has 0 amide bonds. The minimum Gasteiger partial charge on any atom is -0.299 e. The molecule has 0 aromatic heterocycles. The lowest BCUT2D eigenvalue weighted by Crippen LogP contribution is -2.46. The van der Waals surface area contributed by atoms with E-state index < -0.39 is 12.7 Å². The zero-order valence-electron chi connectivity index (χ0n) is 12.1. The highest BCUT2D eigenvalue weighted by atomic mass is 19.4. The van der Waals surface area contributed by atoms with Crippen molar-refractivity contribution in [1.82, 2.24) is 4.90 Å². The first-order valence-electron chi connectivity index (χ1n) is 6.93. The van der Waals surface area contributed by atoms with Crippen molar-refractivity contribution in [2.45, 2.75) is 52.8 Å². The van der Waals surface area contributed by atoms with E-state index in [1.807, 2.05) is 13.8 Å². The molecule has 3 atom stereocenters. The van der Waals surface area contributed by atoms with Crippen LogP contribution in [0.3, 0.4) is 0 Å². The Bertz CT molecular complexity index is 314. The van der Waals surface area contributed by atoms with Crippen LogP contribution in [0.1, 0.15) is 40.5 Å². The Morgan fingerprint density at radius 3 is 2.32 bits per heavy atom. The van der Waals surface area contributed by atoms with Crippen molar-refractivity contribution in [2.24, 2.45) is 17.8 Å². The summed E-state index contributed by atoms with van der Waals surface area (Å²) in [7, 11) is 0. The van der Waals surface area contributed by atoms with Crippen LogP contribution in [0.4, 0.5) is 13.2 Å². The summed E-state index contributed by atoms with van der Waals surface area (Å²) < 4.78 is 37.7. The van der Waals surface area contributed by atoms with Gasteiger partial charge in [0.05, 0.1) is 6.54 Å². The summed E-state index contributed by atoms with van der Waals surface area (Å²) in [5, 5.41) is 0. The zero-order chi connectivity index (χ0) is 14.8. The number of hydrogen-bond acceptors (Lipinski definition) is 2. The van der Waals surface area contributed by atoms with Gasteiger partial charge in [-0.15, -0.1) is 0 Å². The number of carbonyl (C=O) groups is 1. The fraction of sp³-hybridized carbons (Fsp3) is 0.929. The van der Waals surface area contributed by atoms with Gasteiger partial charge in [0.1, 0.15) is 5.78 Å². The molecular formula is C14H24F3NO. The molecule has 0 heterocycles. The monoisotopic (exact) mass is 279 g/mol. The van der Waals surface area contributed by atoms with Gasteiger partial charge < -0.3 is 0 Å². The van der Waals surface area contributed by atoms with Gasteiger partial charge in [0, 0.05) is 24.9 Å². The van der Waals surface area contributed by atoms with Crippen LogP contribution in [0.25, 0.3) is 0 Å². The van der Waals surface area contributed by atoms with Crippen LogP contribution in [0.5, 0.6) is 0 Å². The van der Waals surface area contributed by atoms with Crippen molar-refractivity contribution in [3.63, 3.8) is 0 Å². The first kappa shape index (κ1) is 16.5. The van der Waals surface area contributed by atoms with E-state index in [2.05, 4.69) is 0 Å². The first-order chi connectivity index (χ1) is 8.60. The predicted molar refractivity (Wildman–Crippen MR) is 68.8 cm³/mol. The molecule has 1 fully saturated rings. The maximum Gasteiger partial charge on any atom is 0.401 e. The third-order valence-electron chi connectivity index (χ3n) is 3.97. The van der Waals surface area contributed by atoms with Gasteiger partial charge in [-0.1, -0.05) is 13.8 Å². The van der Waals surface area contributed by atoms with Crippen molar-refractivity contribution in [3.8, 4) is 0 Å². The highest BCUT2D eigenvalue weighted by molar-refractivity contribution is 5.82. The molecule has 0 radical (unpaired) electrons. The number of hydrogen-bond donors (Lipinski definition) is 0. The Morgan fingerprint density at radius 1 is 1.32 bits per heavy atom. The normalized spacial score (nSPS) is 29.3. The van der Waals surface area contributed by atoms with E-state index in [4.69, 9.17) is 0 Å². The largest absolute Gasteiger partial charge is 0.401 e. The number of rotatable bonds is 4.